The van der Waals surface area contributed by atoms with Gasteiger partial charge < -0.3 is 15.1 Å². The molecule has 1 aromatic rings. The zero-order chi connectivity index (χ0) is 18.5. The monoisotopic (exact) mass is 345 g/mol. The van der Waals surface area contributed by atoms with E-state index in [-0.39, 0.29) is 30.8 Å². The van der Waals surface area contributed by atoms with E-state index in [9.17, 15) is 22.8 Å². The lowest BCUT2D eigenvalue weighted by Crippen LogP contribution is -2.47. The van der Waals surface area contributed by atoms with E-state index in [1.807, 2.05) is 13.8 Å². The summed E-state index contributed by atoms with van der Waals surface area (Å²) < 4.78 is 38.8. The fourth-order valence-corrected chi connectivity index (χ4v) is 1.96. The Morgan fingerprint density at radius 2 is 1.79 bits per heavy atom. The number of anilines is 1. The van der Waals surface area contributed by atoms with Crippen LogP contribution in [0, 0.1) is 0 Å². The van der Waals surface area contributed by atoms with Crippen molar-refractivity contribution in [1.29, 1.82) is 0 Å². The van der Waals surface area contributed by atoms with Crippen LogP contribution >= 0.6 is 0 Å². The molecular weight excluding hydrogens is 323 g/mol. The van der Waals surface area contributed by atoms with Crippen molar-refractivity contribution < 1.29 is 22.8 Å². The molecule has 0 spiro atoms. The molecule has 0 bridgehead atoms. The summed E-state index contributed by atoms with van der Waals surface area (Å²) in [6, 6.07) is 4.31. The molecule has 1 aromatic carbocycles. The SMILES string of the molecule is CCN(CC(=O)Nc1ccccc1C(F)(F)F)C(=O)N(C)C(C)C. The third-order valence-corrected chi connectivity index (χ3v) is 3.57. The Bertz CT molecular complexity index is 588. The second kappa shape index (κ2) is 8.03. The van der Waals surface area contributed by atoms with E-state index < -0.39 is 17.6 Å². The van der Waals surface area contributed by atoms with Gasteiger partial charge >= 0.3 is 12.2 Å². The summed E-state index contributed by atoms with van der Waals surface area (Å²) >= 11 is 0. The van der Waals surface area contributed by atoms with Gasteiger partial charge in [-0.3, -0.25) is 4.79 Å². The molecule has 3 amide bonds. The van der Waals surface area contributed by atoms with Crippen LogP contribution in [-0.2, 0) is 11.0 Å². The standard InChI is InChI=1S/C16H22F3N3O2/c1-5-22(15(24)21(4)11(2)3)10-14(23)20-13-9-7-6-8-12(13)16(17,18)19/h6-9,11H,5,10H2,1-4H3,(H,20,23). The van der Waals surface area contributed by atoms with Gasteiger partial charge in [0.1, 0.15) is 6.54 Å². The second-order valence-corrected chi connectivity index (χ2v) is 5.59. The molecule has 24 heavy (non-hydrogen) atoms. The van der Waals surface area contributed by atoms with Crippen LogP contribution < -0.4 is 5.32 Å². The maximum absolute atomic E-state index is 12.9. The lowest BCUT2D eigenvalue weighted by atomic mass is 10.1. The molecule has 0 aliphatic heterocycles. The molecule has 0 radical (unpaired) electrons. The summed E-state index contributed by atoms with van der Waals surface area (Å²) in [5.41, 5.74) is -1.25. The first-order valence-corrected chi connectivity index (χ1v) is 7.55. The van der Waals surface area contributed by atoms with E-state index in [1.54, 1.807) is 14.0 Å². The fourth-order valence-electron chi connectivity index (χ4n) is 1.96. The van der Waals surface area contributed by atoms with Crippen molar-refractivity contribution in [3.8, 4) is 0 Å². The number of likely N-dealkylation sites (N-methyl/N-ethyl adjacent to an activating group) is 1. The number of carbonyl (C=O) groups is 2. The van der Waals surface area contributed by atoms with Crippen LogP contribution in [0.4, 0.5) is 23.7 Å². The van der Waals surface area contributed by atoms with Gasteiger partial charge in [-0.15, -0.1) is 0 Å². The molecule has 0 fully saturated rings. The number of rotatable bonds is 5. The number of para-hydroxylation sites is 1. The van der Waals surface area contributed by atoms with Gasteiger partial charge in [-0.05, 0) is 32.9 Å². The Kier molecular flexibility index (Phi) is 6.62. The van der Waals surface area contributed by atoms with Crippen molar-refractivity contribution in [3.05, 3.63) is 29.8 Å². The van der Waals surface area contributed by atoms with Crippen LogP contribution in [0.3, 0.4) is 0 Å². The highest BCUT2D eigenvalue weighted by Gasteiger charge is 2.33. The van der Waals surface area contributed by atoms with Gasteiger partial charge in [0.2, 0.25) is 5.91 Å². The molecule has 1 N–H and O–H groups in total. The maximum Gasteiger partial charge on any atom is 0.418 e. The number of alkyl halides is 3. The molecule has 0 aliphatic carbocycles. The van der Waals surface area contributed by atoms with Crippen molar-refractivity contribution in [2.45, 2.75) is 33.0 Å². The Morgan fingerprint density at radius 1 is 1.21 bits per heavy atom. The minimum absolute atomic E-state index is 0.0550. The summed E-state index contributed by atoms with van der Waals surface area (Å²) in [7, 11) is 1.60. The van der Waals surface area contributed by atoms with E-state index >= 15 is 0 Å². The highest BCUT2D eigenvalue weighted by molar-refractivity contribution is 5.95. The number of nitrogens with one attached hydrogen (secondary N) is 1. The smallest absolute Gasteiger partial charge is 0.325 e. The van der Waals surface area contributed by atoms with Gasteiger partial charge in [0, 0.05) is 19.6 Å². The summed E-state index contributed by atoms with van der Waals surface area (Å²) in [6.45, 7) is 5.29. The molecule has 0 heterocycles. The normalized spacial score (nSPS) is 11.3. The lowest BCUT2D eigenvalue weighted by Gasteiger charge is -2.29. The van der Waals surface area contributed by atoms with Crippen molar-refractivity contribution in [2.24, 2.45) is 0 Å². The fraction of sp³-hybridized carbons (Fsp3) is 0.500. The first-order valence-electron chi connectivity index (χ1n) is 7.55. The van der Waals surface area contributed by atoms with Crippen LogP contribution in [0.1, 0.15) is 26.3 Å². The van der Waals surface area contributed by atoms with Crippen molar-refractivity contribution in [1.82, 2.24) is 9.80 Å². The molecule has 0 aromatic heterocycles. The molecule has 1 rings (SSSR count). The molecule has 5 nitrogen and oxygen atoms in total. The molecular formula is C16H22F3N3O2. The Balaban J connectivity index is 2.84. The van der Waals surface area contributed by atoms with Crippen LogP contribution in [0.5, 0.6) is 0 Å². The zero-order valence-corrected chi connectivity index (χ0v) is 14.1. The molecule has 0 unspecified atom stereocenters. The highest BCUT2D eigenvalue weighted by Crippen LogP contribution is 2.34. The number of nitrogens with zero attached hydrogens (tertiary/aromatic N) is 2. The predicted molar refractivity (Wildman–Crippen MR) is 85.6 cm³/mol. The predicted octanol–water partition coefficient (Wildman–Crippen LogP) is 3.43. The maximum atomic E-state index is 12.9. The number of urea groups is 1. The molecule has 0 saturated heterocycles. The highest BCUT2D eigenvalue weighted by atomic mass is 19.4. The van der Waals surface area contributed by atoms with E-state index in [1.165, 1.54) is 28.0 Å². The number of benzene rings is 1. The molecule has 0 aliphatic rings. The summed E-state index contributed by atoms with van der Waals surface area (Å²) in [6.07, 6.45) is -4.57. The van der Waals surface area contributed by atoms with Gasteiger partial charge in [-0.25, -0.2) is 4.79 Å². The Hall–Kier alpha value is -2.25. The second-order valence-electron chi connectivity index (χ2n) is 5.59. The average Bonchev–Trinajstić information content (AvgIpc) is 2.50. The number of carbonyl (C=O) groups excluding carboxylic acids is 2. The van der Waals surface area contributed by atoms with Crippen molar-refractivity contribution in [2.75, 3.05) is 25.5 Å². The van der Waals surface area contributed by atoms with Crippen LogP contribution in [0.25, 0.3) is 0 Å². The Morgan fingerprint density at radius 3 is 2.29 bits per heavy atom. The zero-order valence-electron chi connectivity index (χ0n) is 14.1. The molecule has 0 saturated carbocycles. The first kappa shape index (κ1) is 19.8. The molecule has 0 atom stereocenters. The summed E-state index contributed by atoms with van der Waals surface area (Å²) in [4.78, 5) is 27.0. The number of halogens is 3. The number of hydrogen-bond donors (Lipinski definition) is 1. The van der Waals surface area contributed by atoms with Gasteiger partial charge in [0.15, 0.2) is 0 Å². The first-order chi connectivity index (χ1) is 11.1. The van der Waals surface area contributed by atoms with E-state index in [4.69, 9.17) is 0 Å². The van der Waals surface area contributed by atoms with Crippen LogP contribution in [0.2, 0.25) is 0 Å². The van der Waals surface area contributed by atoms with Gasteiger partial charge in [-0.1, -0.05) is 12.1 Å². The minimum Gasteiger partial charge on any atom is -0.325 e. The number of amides is 3. The third-order valence-electron chi connectivity index (χ3n) is 3.57. The average molecular weight is 345 g/mol. The van der Waals surface area contributed by atoms with Gasteiger partial charge in [0.05, 0.1) is 11.3 Å². The van der Waals surface area contributed by atoms with Gasteiger partial charge in [0.25, 0.3) is 0 Å². The molecule has 8 heteroatoms. The minimum atomic E-state index is -4.57. The van der Waals surface area contributed by atoms with Gasteiger partial charge in [-0.2, -0.15) is 13.2 Å². The summed E-state index contributed by atoms with van der Waals surface area (Å²) in [5, 5.41) is 2.23. The largest absolute Gasteiger partial charge is 0.418 e. The van der Waals surface area contributed by atoms with Crippen LogP contribution in [-0.4, -0.2) is 47.9 Å². The van der Waals surface area contributed by atoms with Crippen LogP contribution in [0.15, 0.2) is 24.3 Å². The summed E-state index contributed by atoms with van der Waals surface area (Å²) in [5.74, 6) is -0.681. The third kappa shape index (κ3) is 5.14. The van der Waals surface area contributed by atoms with E-state index in [0.29, 0.717) is 0 Å². The number of hydrogen-bond acceptors (Lipinski definition) is 2. The van der Waals surface area contributed by atoms with E-state index in [2.05, 4.69) is 5.32 Å². The van der Waals surface area contributed by atoms with Crippen molar-refractivity contribution >= 4 is 17.6 Å². The topological polar surface area (TPSA) is 52.7 Å². The van der Waals surface area contributed by atoms with E-state index in [0.717, 1.165) is 6.07 Å². The lowest BCUT2D eigenvalue weighted by molar-refractivity contribution is -0.137. The quantitative estimate of drug-likeness (QED) is 0.889. The molecule has 134 valence electrons. The Labute approximate surface area is 139 Å². The van der Waals surface area contributed by atoms with Crippen molar-refractivity contribution in [3.63, 3.8) is 0 Å².